The molecular formula is C19H21F6N3O. The number of pyridine rings is 1. The predicted octanol–water partition coefficient (Wildman–Crippen LogP) is 3.99. The lowest BCUT2D eigenvalue weighted by Gasteiger charge is -2.38. The maximum atomic E-state index is 13.3. The number of aromatic nitrogens is 1. The smallest absolute Gasteiger partial charge is 0.387 e. The zero-order valence-electron chi connectivity index (χ0n) is 15.8. The van der Waals surface area contributed by atoms with E-state index in [1.165, 1.54) is 6.07 Å². The van der Waals surface area contributed by atoms with Crippen LogP contribution in [0.25, 0.3) is 10.9 Å². The molecule has 10 heteroatoms. The molecular weight excluding hydrogens is 400 g/mol. The van der Waals surface area contributed by atoms with Crippen LogP contribution >= 0.6 is 0 Å². The summed E-state index contributed by atoms with van der Waals surface area (Å²) >= 11 is 0. The van der Waals surface area contributed by atoms with E-state index in [9.17, 15) is 31.4 Å². The van der Waals surface area contributed by atoms with Crippen LogP contribution in [0, 0.1) is 0 Å². The van der Waals surface area contributed by atoms with Crippen molar-refractivity contribution in [3.63, 3.8) is 0 Å². The quantitative estimate of drug-likeness (QED) is 0.736. The summed E-state index contributed by atoms with van der Waals surface area (Å²) in [6.07, 6.45) is -11.2. The van der Waals surface area contributed by atoms with Crippen LogP contribution < -0.4 is 5.32 Å². The van der Waals surface area contributed by atoms with E-state index in [4.69, 9.17) is 0 Å². The Morgan fingerprint density at radius 3 is 2.48 bits per heavy atom. The van der Waals surface area contributed by atoms with Gasteiger partial charge in [0.25, 0.3) is 0 Å². The van der Waals surface area contributed by atoms with Gasteiger partial charge < -0.3 is 10.4 Å². The van der Waals surface area contributed by atoms with Crippen LogP contribution in [0.5, 0.6) is 0 Å². The summed E-state index contributed by atoms with van der Waals surface area (Å²) in [7, 11) is 0. The molecule has 2 heterocycles. The van der Waals surface area contributed by atoms with E-state index in [2.05, 4.69) is 10.3 Å². The standard InChI is InChI=1S/C19H21F6N3O/c1-10-8-28(11(2)7-26-10)9-15(29)13-6-16(19(23,24)25)27-17-12(13)4-3-5-14(17)18(20,21)22/h3-6,10-11,15,26,29H,7-9H2,1-2H3. The number of nitrogens with zero attached hydrogens (tertiary/aromatic N) is 2. The second-order valence-corrected chi connectivity index (χ2v) is 7.42. The number of hydrogen-bond acceptors (Lipinski definition) is 4. The molecule has 0 radical (unpaired) electrons. The van der Waals surface area contributed by atoms with Crippen LogP contribution in [0.2, 0.25) is 0 Å². The second kappa shape index (κ2) is 7.73. The summed E-state index contributed by atoms with van der Waals surface area (Å²) in [5, 5.41) is 13.8. The molecule has 160 valence electrons. The molecule has 0 amide bonds. The van der Waals surface area contributed by atoms with Gasteiger partial charge >= 0.3 is 12.4 Å². The number of β-amino-alcohol motifs (C(OH)–C–C–N with tert-alkyl or cyclic N) is 1. The first-order valence-corrected chi connectivity index (χ1v) is 9.11. The van der Waals surface area contributed by atoms with Crippen LogP contribution in [0.4, 0.5) is 26.3 Å². The Labute approximate surface area is 163 Å². The molecule has 1 aromatic heterocycles. The van der Waals surface area contributed by atoms with Gasteiger partial charge in [0, 0.05) is 37.1 Å². The molecule has 0 spiro atoms. The predicted molar refractivity (Wildman–Crippen MR) is 95.2 cm³/mol. The highest BCUT2D eigenvalue weighted by Crippen LogP contribution is 2.39. The number of para-hydroxylation sites is 1. The maximum absolute atomic E-state index is 13.3. The molecule has 3 rings (SSSR count). The maximum Gasteiger partial charge on any atom is 0.433 e. The molecule has 4 nitrogen and oxygen atoms in total. The van der Waals surface area contributed by atoms with Gasteiger partial charge in [-0.25, -0.2) is 4.98 Å². The number of benzene rings is 1. The number of fused-ring (bicyclic) bond motifs is 1. The van der Waals surface area contributed by atoms with E-state index in [1.54, 1.807) is 0 Å². The van der Waals surface area contributed by atoms with Crippen molar-refractivity contribution < 1.29 is 31.4 Å². The fourth-order valence-electron chi connectivity index (χ4n) is 3.60. The molecule has 2 N–H and O–H groups in total. The van der Waals surface area contributed by atoms with Crippen LogP contribution in [-0.2, 0) is 12.4 Å². The van der Waals surface area contributed by atoms with Crippen molar-refractivity contribution in [3.05, 3.63) is 41.1 Å². The number of piperazine rings is 1. The monoisotopic (exact) mass is 421 g/mol. The van der Waals surface area contributed by atoms with E-state index in [-0.39, 0.29) is 29.6 Å². The molecule has 29 heavy (non-hydrogen) atoms. The molecule has 1 aliphatic rings. The lowest BCUT2D eigenvalue weighted by atomic mass is 9.98. The van der Waals surface area contributed by atoms with Gasteiger partial charge in [0.05, 0.1) is 17.2 Å². The number of alkyl halides is 6. The lowest BCUT2D eigenvalue weighted by molar-refractivity contribution is -0.142. The average Bonchev–Trinajstić information content (AvgIpc) is 2.61. The number of aliphatic hydroxyl groups is 1. The first-order chi connectivity index (χ1) is 13.4. The second-order valence-electron chi connectivity index (χ2n) is 7.42. The van der Waals surface area contributed by atoms with E-state index >= 15 is 0 Å². The Morgan fingerprint density at radius 2 is 1.86 bits per heavy atom. The minimum absolute atomic E-state index is 0.000156. The topological polar surface area (TPSA) is 48.4 Å². The Kier molecular flexibility index (Phi) is 5.81. The molecule has 3 unspecified atom stereocenters. The van der Waals surface area contributed by atoms with Crippen LogP contribution in [0.1, 0.15) is 36.8 Å². The van der Waals surface area contributed by atoms with Gasteiger partial charge in [-0.1, -0.05) is 12.1 Å². The van der Waals surface area contributed by atoms with Gasteiger partial charge in [-0.2, -0.15) is 26.3 Å². The van der Waals surface area contributed by atoms with E-state index in [0.717, 1.165) is 6.07 Å². The van der Waals surface area contributed by atoms with E-state index in [0.29, 0.717) is 25.2 Å². The van der Waals surface area contributed by atoms with Crippen molar-refractivity contribution >= 4 is 10.9 Å². The SMILES string of the molecule is CC1CN(CC(O)c2cc(C(F)(F)F)nc3c(C(F)(F)F)cccc23)C(C)CN1. The van der Waals surface area contributed by atoms with Gasteiger partial charge in [0.2, 0.25) is 0 Å². The Hall–Kier alpha value is -1.91. The molecule has 1 aliphatic heterocycles. The lowest BCUT2D eigenvalue weighted by Crippen LogP contribution is -2.55. The summed E-state index contributed by atoms with van der Waals surface area (Å²) in [6, 6.07) is 3.82. The molecule has 0 saturated carbocycles. The van der Waals surface area contributed by atoms with Gasteiger partial charge in [-0.15, -0.1) is 0 Å². The number of rotatable bonds is 3. The summed E-state index contributed by atoms with van der Waals surface area (Å²) < 4.78 is 80.0. The third kappa shape index (κ3) is 4.65. The molecule has 1 fully saturated rings. The Morgan fingerprint density at radius 1 is 1.17 bits per heavy atom. The summed E-state index contributed by atoms with van der Waals surface area (Å²) in [6.45, 7) is 5.03. The third-order valence-electron chi connectivity index (χ3n) is 5.13. The van der Waals surface area contributed by atoms with Gasteiger partial charge in [0.1, 0.15) is 5.69 Å². The molecule has 2 aromatic rings. The first-order valence-electron chi connectivity index (χ1n) is 9.11. The zero-order chi connectivity index (χ0) is 21.6. The molecule has 3 atom stereocenters. The highest BCUT2D eigenvalue weighted by atomic mass is 19.4. The Bertz CT molecular complexity index is 883. The number of hydrogen-bond donors (Lipinski definition) is 2. The first kappa shape index (κ1) is 21.8. The highest BCUT2D eigenvalue weighted by molar-refractivity contribution is 5.86. The summed E-state index contributed by atoms with van der Waals surface area (Å²) in [5.41, 5.74) is -3.76. The summed E-state index contributed by atoms with van der Waals surface area (Å²) in [4.78, 5) is 5.15. The van der Waals surface area contributed by atoms with Crippen LogP contribution in [0.3, 0.4) is 0 Å². The zero-order valence-corrected chi connectivity index (χ0v) is 15.8. The van der Waals surface area contributed by atoms with Crippen molar-refractivity contribution in [1.29, 1.82) is 0 Å². The van der Waals surface area contributed by atoms with E-state index < -0.39 is 35.2 Å². The third-order valence-corrected chi connectivity index (χ3v) is 5.13. The van der Waals surface area contributed by atoms with Crippen molar-refractivity contribution in [2.75, 3.05) is 19.6 Å². The van der Waals surface area contributed by atoms with Crippen molar-refractivity contribution in [1.82, 2.24) is 15.2 Å². The fourth-order valence-corrected chi connectivity index (χ4v) is 3.60. The van der Waals surface area contributed by atoms with Crippen molar-refractivity contribution in [3.8, 4) is 0 Å². The summed E-state index contributed by atoms with van der Waals surface area (Å²) in [5.74, 6) is 0. The molecule has 1 aromatic carbocycles. The largest absolute Gasteiger partial charge is 0.433 e. The molecule has 1 saturated heterocycles. The normalized spacial score (nSPS) is 22.8. The number of nitrogens with one attached hydrogen (secondary N) is 1. The highest BCUT2D eigenvalue weighted by Gasteiger charge is 2.38. The van der Waals surface area contributed by atoms with Crippen molar-refractivity contribution in [2.45, 2.75) is 44.4 Å². The van der Waals surface area contributed by atoms with Gasteiger partial charge in [-0.3, -0.25) is 4.90 Å². The number of aliphatic hydroxyl groups excluding tert-OH is 1. The Balaban J connectivity index is 2.10. The van der Waals surface area contributed by atoms with E-state index in [1.807, 2.05) is 18.7 Å². The van der Waals surface area contributed by atoms with Gasteiger partial charge in [0.15, 0.2) is 0 Å². The minimum atomic E-state index is -4.95. The average molecular weight is 421 g/mol. The van der Waals surface area contributed by atoms with Crippen molar-refractivity contribution in [2.24, 2.45) is 0 Å². The molecule has 0 bridgehead atoms. The number of halogens is 6. The van der Waals surface area contributed by atoms with Gasteiger partial charge in [-0.05, 0) is 31.5 Å². The van der Waals surface area contributed by atoms with Crippen LogP contribution in [0.15, 0.2) is 24.3 Å². The minimum Gasteiger partial charge on any atom is -0.387 e. The molecule has 0 aliphatic carbocycles. The van der Waals surface area contributed by atoms with Crippen LogP contribution in [-0.4, -0.2) is 46.7 Å². The fraction of sp³-hybridized carbons (Fsp3) is 0.526.